The second kappa shape index (κ2) is 15.8. The third kappa shape index (κ3) is 7.49. The zero-order valence-corrected chi connectivity index (χ0v) is 30.1. The average Bonchev–Trinajstić information content (AvgIpc) is 3.20. The Morgan fingerprint density at radius 2 is 1.80 bits per heavy atom. The predicted molar refractivity (Wildman–Crippen MR) is 215 cm³/mol. The Bertz CT molecular complexity index is 2660. The first-order valence-electron chi connectivity index (χ1n) is 17.3. The minimum absolute atomic E-state index is 0.00122. The molecular weight excluding hydrogens is 720 g/mol. The van der Waals surface area contributed by atoms with Crippen LogP contribution in [-0.4, -0.2) is 50.2 Å². The van der Waals surface area contributed by atoms with Crippen LogP contribution in [0.1, 0.15) is 27.2 Å². The van der Waals surface area contributed by atoms with Crippen molar-refractivity contribution in [2.24, 2.45) is 4.99 Å². The molecule has 55 heavy (non-hydrogen) atoms. The topological polar surface area (TPSA) is 178 Å². The quantitative estimate of drug-likeness (QED) is 0.0546. The maximum atomic E-state index is 13.7. The number of halogens is 1. The number of anilines is 1. The van der Waals surface area contributed by atoms with E-state index in [1.165, 1.54) is 18.2 Å². The van der Waals surface area contributed by atoms with Gasteiger partial charge in [0.05, 0.1) is 64.1 Å². The molecule has 12 heteroatoms. The van der Waals surface area contributed by atoms with Crippen LogP contribution in [0.4, 0.5) is 5.69 Å². The fraction of sp³-hybridized carbons (Fsp3) is 0.116. The molecule has 0 amide bonds. The summed E-state index contributed by atoms with van der Waals surface area (Å²) in [4.78, 5) is 35.1. The number of phenols is 1. The Balaban J connectivity index is 1.34. The number of aromatic carboxylic acids is 1. The Morgan fingerprint density at radius 1 is 0.964 bits per heavy atom. The molecule has 0 fully saturated rings. The summed E-state index contributed by atoms with van der Waals surface area (Å²) in [7, 11) is 0. The van der Waals surface area contributed by atoms with Gasteiger partial charge in [-0.15, -0.1) is 0 Å². The number of hydrogen-bond acceptors (Lipinski definition) is 10. The smallest absolute Gasteiger partial charge is 0.336 e. The minimum Gasteiger partial charge on any atom is -0.506 e. The second-order valence-corrected chi connectivity index (χ2v) is 13.2. The van der Waals surface area contributed by atoms with Gasteiger partial charge in [-0.2, -0.15) is 0 Å². The van der Waals surface area contributed by atoms with E-state index in [0.29, 0.717) is 56.9 Å². The van der Waals surface area contributed by atoms with Crippen molar-refractivity contribution in [1.29, 1.82) is 0 Å². The van der Waals surface area contributed by atoms with Gasteiger partial charge in [-0.3, -0.25) is 9.79 Å². The number of carbonyl (C=O) groups is 1. The standard InChI is InChI=1S/C43H35ClN4O7/c1-24(6-4-7-25-12-14-27(22-49)46-19-25)45-21-34-40(52)35(44)18-32-38(29-9-2-3-10-30(29)43(53)54)31-16-17-37(51)33(41(31)55-42(32)34)20-47-36-11-5-8-26-13-15-28(23-50)48-39(26)36/h2-18,45,47,49-50,52H,1,19-23H2,(H,53,54)/b6-4-,25-7-. The van der Waals surface area contributed by atoms with Gasteiger partial charge in [-0.1, -0.05) is 72.8 Å². The molecule has 0 saturated carbocycles. The highest BCUT2D eigenvalue weighted by molar-refractivity contribution is 6.33. The van der Waals surface area contributed by atoms with Gasteiger partial charge in [-0.25, -0.2) is 9.78 Å². The molecule has 0 unspecified atom stereocenters. The van der Waals surface area contributed by atoms with Gasteiger partial charge in [0.15, 0.2) is 5.43 Å². The number of aliphatic imine (C=N–C) groups is 1. The number of nitrogens with one attached hydrogen (secondary N) is 2. The highest BCUT2D eigenvalue weighted by Crippen LogP contribution is 2.46. The number of fused-ring (bicyclic) bond motifs is 3. The zero-order chi connectivity index (χ0) is 38.6. The number of dihydropyridines is 1. The number of allylic oxidation sites excluding steroid dienone is 3. The number of aliphatic hydroxyl groups excluding tert-OH is 2. The maximum absolute atomic E-state index is 13.7. The van der Waals surface area contributed by atoms with E-state index in [0.717, 1.165) is 11.0 Å². The number of carboxylic acids is 1. The summed E-state index contributed by atoms with van der Waals surface area (Å²) in [6.07, 6.45) is 9.05. The number of carboxylic acid groups (broad SMARTS) is 1. The normalized spacial score (nSPS) is 13.6. The first-order chi connectivity index (χ1) is 26.7. The van der Waals surface area contributed by atoms with Crippen LogP contribution in [0.3, 0.4) is 0 Å². The van der Waals surface area contributed by atoms with E-state index < -0.39 is 5.97 Å². The first-order valence-corrected chi connectivity index (χ1v) is 17.7. The average molecular weight is 755 g/mol. The third-order valence-corrected chi connectivity index (χ3v) is 9.59. The minimum atomic E-state index is -1.15. The molecular formula is C43H35ClN4O7. The van der Waals surface area contributed by atoms with E-state index in [1.54, 1.807) is 48.6 Å². The van der Waals surface area contributed by atoms with Crippen molar-refractivity contribution in [1.82, 2.24) is 10.3 Å². The molecule has 7 rings (SSSR count). The number of rotatable bonds is 12. The van der Waals surface area contributed by atoms with Crippen molar-refractivity contribution in [3.63, 3.8) is 0 Å². The molecule has 3 heterocycles. The molecule has 1 aromatic heterocycles. The second-order valence-electron chi connectivity index (χ2n) is 12.8. The van der Waals surface area contributed by atoms with E-state index in [4.69, 9.17) is 16.0 Å². The lowest BCUT2D eigenvalue weighted by Crippen LogP contribution is -2.16. The Labute approximate surface area is 319 Å². The number of pyridine rings is 1. The van der Waals surface area contributed by atoms with Gasteiger partial charge in [0.25, 0.3) is 0 Å². The fourth-order valence-corrected chi connectivity index (χ4v) is 6.74. The Morgan fingerprint density at radius 3 is 2.56 bits per heavy atom. The molecule has 6 N–H and O–H groups in total. The van der Waals surface area contributed by atoms with Crippen molar-refractivity contribution in [2.75, 3.05) is 18.5 Å². The highest BCUT2D eigenvalue weighted by Gasteiger charge is 2.27. The molecule has 0 radical (unpaired) electrons. The van der Waals surface area contributed by atoms with Gasteiger partial charge in [0.1, 0.15) is 17.1 Å². The van der Waals surface area contributed by atoms with Crippen LogP contribution in [0.25, 0.3) is 44.3 Å². The van der Waals surface area contributed by atoms with E-state index >= 15 is 0 Å². The number of aliphatic hydroxyl groups is 2. The summed E-state index contributed by atoms with van der Waals surface area (Å²) in [5, 5.41) is 48.4. The molecule has 0 bridgehead atoms. The molecule has 4 aromatic rings. The van der Waals surface area contributed by atoms with Crippen molar-refractivity contribution in [3.05, 3.63) is 159 Å². The van der Waals surface area contributed by atoms with Crippen molar-refractivity contribution in [2.45, 2.75) is 19.7 Å². The van der Waals surface area contributed by atoms with Crippen molar-refractivity contribution in [3.8, 4) is 28.2 Å². The highest BCUT2D eigenvalue weighted by atomic mass is 35.5. The van der Waals surface area contributed by atoms with E-state index in [1.807, 2.05) is 36.4 Å². The lowest BCUT2D eigenvalue weighted by molar-refractivity contribution is 0.0697. The molecule has 11 nitrogen and oxygen atoms in total. The molecule has 276 valence electrons. The van der Waals surface area contributed by atoms with Crippen LogP contribution in [0, 0.1) is 0 Å². The van der Waals surface area contributed by atoms with Gasteiger partial charge in [-0.05, 0) is 59.7 Å². The van der Waals surface area contributed by atoms with E-state index in [2.05, 4.69) is 27.2 Å². The van der Waals surface area contributed by atoms with Gasteiger partial charge < -0.3 is 35.5 Å². The van der Waals surface area contributed by atoms with E-state index in [9.17, 15) is 30.0 Å². The summed E-state index contributed by atoms with van der Waals surface area (Å²) >= 11 is 6.66. The number of hydrogen-bond donors (Lipinski definition) is 6. The Kier molecular flexibility index (Phi) is 10.6. The van der Waals surface area contributed by atoms with Gasteiger partial charge >= 0.3 is 5.97 Å². The molecule has 3 aromatic carbocycles. The van der Waals surface area contributed by atoms with E-state index in [-0.39, 0.29) is 70.5 Å². The van der Waals surface area contributed by atoms with Crippen LogP contribution in [0.15, 0.2) is 135 Å². The fourth-order valence-electron chi connectivity index (χ4n) is 6.52. The molecule has 1 aliphatic carbocycles. The van der Waals surface area contributed by atoms with Crippen LogP contribution >= 0.6 is 11.6 Å². The zero-order valence-electron chi connectivity index (χ0n) is 29.3. The summed E-state index contributed by atoms with van der Waals surface area (Å²) in [6, 6.07) is 20.2. The summed E-state index contributed by atoms with van der Waals surface area (Å²) in [6.45, 7) is 4.17. The lowest BCUT2D eigenvalue weighted by Gasteiger charge is -2.21. The van der Waals surface area contributed by atoms with Crippen molar-refractivity contribution < 1.29 is 29.6 Å². The van der Waals surface area contributed by atoms with Crippen LogP contribution < -0.4 is 16.1 Å². The molecule has 0 saturated heterocycles. The number of aromatic nitrogens is 1. The monoisotopic (exact) mass is 754 g/mol. The molecule has 3 aliphatic rings. The summed E-state index contributed by atoms with van der Waals surface area (Å²) in [5.41, 5.74) is 5.45. The summed E-state index contributed by atoms with van der Waals surface area (Å²) in [5.74, 6) is -1.22. The largest absolute Gasteiger partial charge is 0.506 e. The van der Waals surface area contributed by atoms with Gasteiger partial charge in [0, 0.05) is 40.7 Å². The molecule has 0 spiro atoms. The number of para-hydroxylation sites is 1. The number of phenolic OH excluding ortho intramolecular Hbond substituents is 1. The SMILES string of the molecule is C=C(/C=C\C=C1\C=CC(CO)=NC1)NCc1c(O)c(Cl)cc2c(-c3ccccc3C(=O)O)c3ccc(=O)c(CNc4cccc5ccc(CO)nc45)c-3oc12. The van der Waals surface area contributed by atoms with Gasteiger partial charge in [0.2, 0.25) is 0 Å². The third-order valence-electron chi connectivity index (χ3n) is 9.30. The summed E-state index contributed by atoms with van der Waals surface area (Å²) < 4.78 is 6.62. The van der Waals surface area contributed by atoms with Crippen molar-refractivity contribution >= 4 is 50.8 Å². The maximum Gasteiger partial charge on any atom is 0.336 e. The van der Waals surface area contributed by atoms with Crippen LogP contribution in [0.2, 0.25) is 5.02 Å². The molecule has 0 atom stereocenters. The number of nitrogens with zero attached hydrogens (tertiary/aromatic N) is 2. The van der Waals surface area contributed by atoms with Crippen LogP contribution in [-0.2, 0) is 19.7 Å². The lowest BCUT2D eigenvalue weighted by atomic mass is 9.88. The molecule has 2 aliphatic heterocycles. The number of aromatic hydroxyl groups is 1. The predicted octanol–water partition coefficient (Wildman–Crippen LogP) is 7.36. The first kappa shape index (κ1) is 36.8. The number of benzene rings is 4. The van der Waals surface area contributed by atoms with Crippen LogP contribution in [0.5, 0.6) is 5.75 Å². The Hall–Kier alpha value is -6.53.